The van der Waals surface area contributed by atoms with E-state index >= 15 is 0 Å². The number of amides is 4. The van der Waals surface area contributed by atoms with E-state index in [1.54, 1.807) is 0 Å². The van der Waals surface area contributed by atoms with E-state index in [1.165, 1.54) is 11.8 Å². The van der Waals surface area contributed by atoms with E-state index in [9.17, 15) is 24.0 Å². The minimum Gasteiger partial charge on any atom is -0.347 e. The summed E-state index contributed by atoms with van der Waals surface area (Å²) in [5.41, 5.74) is 0. The Kier molecular flexibility index (Phi) is 13.6. The highest BCUT2D eigenvalue weighted by Crippen LogP contribution is 2.26. The summed E-state index contributed by atoms with van der Waals surface area (Å²) >= 11 is 0. The van der Waals surface area contributed by atoms with Crippen molar-refractivity contribution in [1.29, 1.82) is 0 Å². The van der Waals surface area contributed by atoms with Crippen LogP contribution in [0.5, 0.6) is 0 Å². The van der Waals surface area contributed by atoms with Crippen molar-refractivity contribution >= 4 is 29.4 Å². The van der Waals surface area contributed by atoms with Gasteiger partial charge in [-0.15, -0.1) is 0 Å². The molecule has 31 heavy (non-hydrogen) atoms. The average Bonchev–Trinajstić information content (AvgIpc) is 2.99. The zero-order valence-electron chi connectivity index (χ0n) is 20.2. The zero-order chi connectivity index (χ0) is 24.1. The Balaban J connectivity index is 0.00000436. The molecule has 0 aromatic heterocycles. The predicted molar refractivity (Wildman–Crippen MR) is 120 cm³/mol. The van der Waals surface area contributed by atoms with Crippen molar-refractivity contribution in [3.05, 3.63) is 0 Å². The van der Waals surface area contributed by atoms with Crippen LogP contribution < -0.4 is 10.6 Å². The lowest BCUT2D eigenvalue weighted by molar-refractivity contribution is -0.139. The Labute approximate surface area is 186 Å². The summed E-state index contributed by atoms with van der Waals surface area (Å²) in [5, 5.41) is 5.25. The smallest absolute Gasteiger partial charge is 0.243 e. The van der Waals surface area contributed by atoms with Gasteiger partial charge in [0.25, 0.3) is 0 Å². The van der Waals surface area contributed by atoms with Gasteiger partial charge in [-0.25, -0.2) is 0 Å². The lowest BCUT2D eigenvalue weighted by Gasteiger charge is -2.21. The van der Waals surface area contributed by atoms with Crippen molar-refractivity contribution in [3.63, 3.8) is 0 Å². The number of carbonyl (C=O) groups is 5. The normalized spacial score (nSPS) is 16.8. The van der Waals surface area contributed by atoms with E-state index in [-0.39, 0.29) is 60.1 Å². The highest BCUT2D eigenvalue weighted by Gasteiger charge is 2.39. The maximum Gasteiger partial charge on any atom is 0.243 e. The third-order valence-electron chi connectivity index (χ3n) is 5.15. The van der Waals surface area contributed by atoms with Crippen LogP contribution in [-0.4, -0.2) is 53.4 Å². The van der Waals surface area contributed by atoms with Crippen LogP contribution >= 0.6 is 0 Å². The van der Waals surface area contributed by atoms with E-state index in [0.717, 1.165) is 0 Å². The quantitative estimate of drug-likeness (QED) is 0.358. The highest BCUT2D eigenvalue weighted by molar-refractivity contribution is 6.03. The van der Waals surface area contributed by atoms with Gasteiger partial charge in [0.2, 0.25) is 23.6 Å². The summed E-state index contributed by atoms with van der Waals surface area (Å²) < 4.78 is 0. The molecule has 1 rings (SSSR count). The number of Topliss-reactive ketones (excluding diaryl/α,β-unsaturated/α-hetero) is 1. The Morgan fingerprint density at radius 2 is 1.65 bits per heavy atom. The van der Waals surface area contributed by atoms with E-state index in [0.29, 0.717) is 32.2 Å². The first-order chi connectivity index (χ1) is 14.5. The van der Waals surface area contributed by atoms with Gasteiger partial charge >= 0.3 is 0 Å². The van der Waals surface area contributed by atoms with Crippen LogP contribution in [0, 0.1) is 17.8 Å². The number of nitrogens with one attached hydrogen (secondary N) is 2. The Bertz CT molecular complexity index is 631. The molecule has 0 aromatic rings. The maximum absolute atomic E-state index is 12.3. The van der Waals surface area contributed by atoms with Crippen molar-refractivity contribution in [2.24, 2.45) is 17.8 Å². The molecule has 2 N–H and O–H groups in total. The minimum atomic E-state index is -0.686. The fourth-order valence-electron chi connectivity index (χ4n) is 3.30. The molecule has 2 atom stereocenters. The molecule has 0 radical (unpaired) electrons. The summed E-state index contributed by atoms with van der Waals surface area (Å²) in [5.74, 6) is -1.10. The number of unbranched alkanes of at least 4 members (excludes halogenated alkanes) is 2. The molecule has 0 aromatic carbocycles. The molecule has 0 saturated carbocycles. The maximum atomic E-state index is 12.3. The SMILES string of the molecule is CC.CC(=O)CNC(=O)C(NC(=O)CCCCCN1C(=O)CC(C(C)C)C1=O)C(C)C. The number of ketones is 1. The van der Waals surface area contributed by atoms with Gasteiger partial charge in [0, 0.05) is 25.3 Å². The number of imide groups is 1. The van der Waals surface area contributed by atoms with Crippen LogP contribution in [0.1, 0.15) is 80.6 Å². The zero-order valence-corrected chi connectivity index (χ0v) is 20.2. The van der Waals surface area contributed by atoms with Crippen LogP contribution in [0.3, 0.4) is 0 Å². The number of hydrogen-bond acceptors (Lipinski definition) is 5. The van der Waals surface area contributed by atoms with Crippen molar-refractivity contribution < 1.29 is 24.0 Å². The number of hydrogen-bond donors (Lipinski definition) is 2. The minimum absolute atomic E-state index is 0.0521. The molecule has 0 spiro atoms. The lowest BCUT2D eigenvalue weighted by atomic mass is 9.94. The van der Waals surface area contributed by atoms with Gasteiger partial charge in [-0.3, -0.25) is 28.9 Å². The standard InChI is InChI=1S/C21H35N3O5.C2H6/c1-13(2)16-11-18(27)24(21(16)29)10-8-6-7-9-17(26)23-19(14(3)4)20(28)22-12-15(5)25;1-2/h13-14,16,19H,6-12H2,1-5H3,(H,22,28)(H,23,26);1-2H3. The fourth-order valence-corrected chi connectivity index (χ4v) is 3.30. The van der Waals surface area contributed by atoms with Gasteiger partial charge in [-0.2, -0.15) is 0 Å². The van der Waals surface area contributed by atoms with Crippen LogP contribution in [0.2, 0.25) is 0 Å². The molecule has 2 unspecified atom stereocenters. The second kappa shape index (κ2) is 14.7. The molecule has 1 saturated heterocycles. The molecule has 1 aliphatic rings. The van der Waals surface area contributed by atoms with Gasteiger partial charge in [0.15, 0.2) is 0 Å². The molecule has 1 heterocycles. The summed E-state index contributed by atoms with van der Waals surface area (Å²) in [6, 6.07) is -0.686. The van der Waals surface area contributed by atoms with Crippen molar-refractivity contribution in [2.45, 2.75) is 86.6 Å². The largest absolute Gasteiger partial charge is 0.347 e. The number of rotatable bonds is 12. The van der Waals surface area contributed by atoms with Crippen LogP contribution in [0.4, 0.5) is 0 Å². The molecular formula is C23H41N3O5. The Morgan fingerprint density at radius 3 is 2.13 bits per heavy atom. The lowest BCUT2D eigenvalue weighted by Crippen LogP contribution is -2.50. The molecule has 0 aliphatic carbocycles. The number of likely N-dealkylation sites (tertiary alicyclic amines) is 1. The molecule has 1 aliphatic heterocycles. The van der Waals surface area contributed by atoms with Gasteiger partial charge in [-0.05, 0) is 31.6 Å². The third-order valence-corrected chi connectivity index (χ3v) is 5.15. The first-order valence-corrected chi connectivity index (χ1v) is 11.4. The topological polar surface area (TPSA) is 113 Å². The highest BCUT2D eigenvalue weighted by atomic mass is 16.2. The van der Waals surface area contributed by atoms with Crippen molar-refractivity contribution in [1.82, 2.24) is 15.5 Å². The van der Waals surface area contributed by atoms with Crippen molar-refractivity contribution in [3.8, 4) is 0 Å². The molecule has 0 bridgehead atoms. The van der Waals surface area contributed by atoms with Crippen LogP contribution in [0.25, 0.3) is 0 Å². The van der Waals surface area contributed by atoms with E-state index in [2.05, 4.69) is 10.6 Å². The second-order valence-corrected chi connectivity index (χ2v) is 8.46. The summed E-state index contributed by atoms with van der Waals surface area (Å²) in [6.45, 7) is 13.3. The van der Waals surface area contributed by atoms with Crippen LogP contribution in [-0.2, 0) is 24.0 Å². The molecule has 8 nitrogen and oxygen atoms in total. The summed E-state index contributed by atoms with van der Waals surface area (Å²) in [4.78, 5) is 60.9. The van der Waals surface area contributed by atoms with E-state index < -0.39 is 6.04 Å². The van der Waals surface area contributed by atoms with Crippen LogP contribution in [0.15, 0.2) is 0 Å². The third kappa shape index (κ3) is 10.1. The first kappa shape index (κ1) is 28.8. The number of carbonyl (C=O) groups excluding carboxylic acids is 5. The Morgan fingerprint density at radius 1 is 1.03 bits per heavy atom. The predicted octanol–water partition coefficient (Wildman–Crippen LogP) is 2.45. The Hall–Kier alpha value is -2.25. The van der Waals surface area contributed by atoms with Gasteiger partial charge in [0.1, 0.15) is 11.8 Å². The van der Waals surface area contributed by atoms with Gasteiger partial charge in [0.05, 0.1) is 6.54 Å². The van der Waals surface area contributed by atoms with E-state index in [4.69, 9.17) is 0 Å². The molecule has 1 fully saturated rings. The van der Waals surface area contributed by atoms with Crippen molar-refractivity contribution in [2.75, 3.05) is 13.1 Å². The summed E-state index contributed by atoms with van der Waals surface area (Å²) in [6.07, 6.45) is 2.53. The van der Waals surface area contributed by atoms with Gasteiger partial charge in [-0.1, -0.05) is 48.0 Å². The summed E-state index contributed by atoms with van der Waals surface area (Å²) in [7, 11) is 0. The fraction of sp³-hybridized carbons (Fsp3) is 0.783. The monoisotopic (exact) mass is 439 g/mol. The van der Waals surface area contributed by atoms with E-state index in [1.807, 2.05) is 41.5 Å². The molecule has 178 valence electrons. The molecule has 8 heteroatoms. The second-order valence-electron chi connectivity index (χ2n) is 8.46. The molecular weight excluding hydrogens is 398 g/mol. The van der Waals surface area contributed by atoms with Gasteiger partial charge < -0.3 is 10.6 Å². The first-order valence-electron chi connectivity index (χ1n) is 11.4. The molecule has 4 amide bonds. The average molecular weight is 440 g/mol. The number of nitrogens with zero attached hydrogens (tertiary/aromatic N) is 1.